The lowest BCUT2D eigenvalue weighted by molar-refractivity contribution is 0.145. The second kappa shape index (κ2) is 11.0. The van der Waals surface area contributed by atoms with Crippen molar-refractivity contribution in [2.24, 2.45) is 10.7 Å². The van der Waals surface area contributed by atoms with Crippen LogP contribution in [0.3, 0.4) is 0 Å². The molecule has 0 heterocycles. The van der Waals surface area contributed by atoms with E-state index in [1.807, 2.05) is 13.0 Å². The first kappa shape index (κ1) is 18.1. The number of rotatable bonds is 7. The van der Waals surface area contributed by atoms with Gasteiger partial charge in [0.05, 0.1) is 6.54 Å². The molecular formula is C13H21FIN3O. The minimum atomic E-state index is -0.258. The number of nitrogens with one attached hydrogen (secondary N) is 1. The van der Waals surface area contributed by atoms with Crippen LogP contribution in [0.25, 0.3) is 0 Å². The number of nitrogens with zero attached hydrogens (tertiary/aromatic N) is 1. The number of guanidine groups is 1. The molecule has 3 N–H and O–H groups in total. The summed E-state index contributed by atoms with van der Waals surface area (Å²) in [5.74, 6) is 0.113. The van der Waals surface area contributed by atoms with Gasteiger partial charge in [0.25, 0.3) is 0 Å². The fraction of sp³-hybridized carbons (Fsp3) is 0.462. The first-order valence-electron chi connectivity index (χ1n) is 6.08. The van der Waals surface area contributed by atoms with Crippen LogP contribution in [-0.4, -0.2) is 25.7 Å². The monoisotopic (exact) mass is 381 g/mol. The summed E-state index contributed by atoms with van der Waals surface area (Å²) in [7, 11) is 0. The zero-order valence-corrected chi connectivity index (χ0v) is 13.4. The summed E-state index contributed by atoms with van der Waals surface area (Å²) in [6.07, 6.45) is 0.879. The molecule has 0 saturated heterocycles. The lowest BCUT2D eigenvalue weighted by atomic mass is 10.2. The number of benzene rings is 1. The molecule has 0 aromatic heterocycles. The quantitative estimate of drug-likeness (QED) is 0.330. The number of ether oxygens (including phenoxy) is 1. The van der Waals surface area contributed by atoms with Gasteiger partial charge in [-0.3, -0.25) is 0 Å². The Bertz CT molecular complexity index is 388. The van der Waals surface area contributed by atoms with Crippen LogP contribution in [0.15, 0.2) is 29.3 Å². The first-order valence-corrected chi connectivity index (χ1v) is 6.08. The van der Waals surface area contributed by atoms with Crippen molar-refractivity contribution >= 4 is 29.9 Å². The summed E-state index contributed by atoms with van der Waals surface area (Å²) in [6.45, 7) is 4.49. The Morgan fingerprint density at radius 1 is 1.47 bits per heavy atom. The Balaban J connectivity index is 0.00000324. The maximum absolute atomic E-state index is 12.9. The second-order valence-corrected chi connectivity index (χ2v) is 3.81. The summed E-state index contributed by atoms with van der Waals surface area (Å²) in [4.78, 5) is 4.13. The molecule has 0 radical (unpaired) electrons. The van der Waals surface area contributed by atoms with Crippen molar-refractivity contribution < 1.29 is 9.13 Å². The second-order valence-electron chi connectivity index (χ2n) is 3.81. The van der Waals surface area contributed by atoms with Gasteiger partial charge in [-0.05, 0) is 31.0 Å². The first-order chi connectivity index (χ1) is 8.72. The molecule has 0 atom stereocenters. The van der Waals surface area contributed by atoms with Crippen LogP contribution in [0.4, 0.5) is 4.39 Å². The summed E-state index contributed by atoms with van der Waals surface area (Å²) in [5.41, 5.74) is 6.48. The van der Waals surface area contributed by atoms with E-state index in [2.05, 4.69) is 10.3 Å². The number of halogens is 2. The van der Waals surface area contributed by atoms with Gasteiger partial charge in [-0.15, -0.1) is 24.0 Å². The summed E-state index contributed by atoms with van der Waals surface area (Å²) >= 11 is 0. The zero-order valence-electron chi connectivity index (χ0n) is 11.1. The zero-order chi connectivity index (χ0) is 13.2. The third-order valence-corrected chi connectivity index (χ3v) is 2.30. The van der Waals surface area contributed by atoms with Crippen molar-refractivity contribution in [2.75, 3.05) is 19.8 Å². The third-order valence-electron chi connectivity index (χ3n) is 2.30. The normalized spacial score (nSPS) is 10.9. The molecule has 0 spiro atoms. The van der Waals surface area contributed by atoms with Gasteiger partial charge in [0.1, 0.15) is 5.82 Å². The Hall–Kier alpha value is -0.890. The van der Waals surface area contributed by atoms with Gasteiger partial charge in [-0.1, -0.05) is 12.1 Å². The van der Waals surface area contributed by atoms with Crippen molar-refractivity contribution in [2.45, 2.75) is 19.9 Å². The molecule has 1 aromatic rings. The molecule has 19 heavy (non-hydrogen) atoms. The average Bonchev–Trinajstić information content (AvgIpc) is 2.36. The number of nitrogens with two attached hydrogens (primary N) is 1. The molecule has 0 aliphatic carbocycles. The van der Waals surface area contributed by atoms with Crippen LogP contribution in [0, 0.1) is 5.82 Å². The maximum atomic E-state index is 12.9. The van der Waals surface area contributed by atoms with Gasteiger partial charge in [0, 0.05) is 19.8 Å². The van der Waals surface area contributed by atoms with E-state index in [1.54, 1.807) is 6.07 Å². The van der Waals surface area contributed by atoms with Crippen LogP contribution in [0.5, 0.6) is 0 Å². The molecule has 108 valence electrons. The lowest BCUT2D eigenvalue weighted by Gasteiger charge is -2.05. The van der Waals surface area contributed by atoms with Crippen molar-refractivity contribution in [3.8, 4) is 0 Å². The average molecular weight is 381 g/mol. The minimum absolute atomic E-state index is 0. The van der Waals surface area contributed by atoms with Gasteiger partial charge in [-0.2, -0.15) is 0 Å². The van der Waals surface area contributed by atoms with Crippen LogP contribution >= 0.6 is 24.0 Å². The molecule has 1 rings (SSSR count). The largest absolute Gasteiger partial charge is 0.382 e. The van der Waals surface area contributed by atoms with Crippen molar-refractivity contribution in [3.05, 3.63) is 35.6 Å². The summed E-state index contributed by atoms with van der Waals surface area (Å²) in [6, 6.07) is 6.33. The number of aliphatic imine (C=N–C) groups is 1. The molecule has 0 amide bonds. The smallest absolute Gasteiger partial charge is 0.188 e. The van der Waals surface area contributed by atoms with E-state index in [9.17, 15) is 4.39 Å². The SMILES string of the molecule is CCOCCCNC(N)=NCc1cccc(F)c1.I. The molecule has 0 aliphatic heterocycles. The van der Waals surface area contributed by atoms with E-state index >= 15 is 0 Å². The fourth-order valence-electron chi connectivity index (χ4n) is 1.40. The van der Waals surface area contributed by atoms with Crippen molar-refractivity contribution in [1.29, 1.82) is 0 Å². The van der Waals surface area contributed by atoms with Crippen LogP contribution in [-0.2, 0) is 11.3 Å². The van der Waals surface area contributed by atoms with Crippen LogP contribution < -0.4 is 11.1 Å². The Morgan fingerprint density at radius 2 is 2.26 bits per heavy atom. The van der Waals surface area contributed by atoms with E-state index in [-0.39, 0.29) is 29.8 Å². The van der Waals surface area contributed by atoms with Gasteiger partial charge in [0.2, 0.25) is 0 Å². The van der Waals surface area contributed by atoms with Gasteiger partial charge in [-0.25, -0.2) is 9.38 Å². The predicted octanol–water partition coefficient (Wildman–Crippen LogP) is 2.27. The summed E-state index contributed by atoms with van der Waals surface area (Å²) < 4.78 is 18.1. The van der Waals surface area contributed by atoms with Gasteiger partial charge in [0.15, 0.2) is 5.96 Å². The summed E-state index contributed by atoms with van der Waals surface area (Å²) in [5, 5.41) is 2.98. The molecule has 0 fully saturated rings. The molecule has 0 aliphatic rings. The van der Waals surface area contributed by atoms with E-state index < -0.39 is 0 Å². The fourth-order valence-corrected chi connectivity index (χ4v) is 1.40. The predicted molar refractivity (Wildman–Crippen MR) is 86.3 cm³/mol. The molecule has 6 heteroatoms. The lowest BCUT2D eigenvalue weighted by Crippen LogP contribution is -2.32. The van der Waals surface area contributed by atoms with Crippen LogP contribution in [0.2, 0.25) is 0 Å². The highest BCUT2D eigenvalue weighted by Gasteiger charge is 1.95. The Labute approximate surface area is 130 Å². The van der Waals surface area contributed by atoms with Crippen LogP contribution in [0.1, 0.15) is 18.9 Å². The Kier molecular flexibility index (Phi) is 10.5. The van der Waals surface area contributed by atoms with Gasteiger partial charge >= 0.3 is 0 Å². The highest BCUT2D eigenvalue weighted by Crippen LogP contribution is 2.04. The standard InChI is InChI=1S/C13H20FN3O.HI/c1-2-18-8-4-7-16-13(15)17-10-11-5-3-6-12(14)9-11;/h3,5-6,9H,2,4,7-8,10H2,1H3,(H3,15,16,17);1H. The Morgan fingerprint density at radius 3 is 2.95 bits per heavy atom. The molecule has 0 unspecified atom stereocenters. The molecule has 4 nitrogen and oxygen atoms in total. The maximum Gasteiger partial charge on any atom is 0.188 e. The van der Waals surface area contributed by atoms with E-state index in [1.165, 1.54) is 12.1 Å². The topological polar surface area (TPSA) is 59.6 Å². The number of hydrogen-bond acceptors (Lipinski definition) is 2. The van der Waals surface area contributed by atoms with E-state index in [0.29, 0.717) is 19.1 Å². The van der Waals surface area contributed by atoms with Crippen molar-refractivity contribution in [3.63, 3.8) is 0 Å². The molecule has 0 saturated carbocycles. The van der Waals surface area contributed by atoms with E-state index in [0.717, 1.165) is 25.1 Å². The molecule has 0 bridgehead atoms. The van der Waals surface area contributed by atoms with Gasteiger partial charge < -0.3 is 15.8 Å². The highest BCUT2D eigenvalue weighted by atomic mass is 127. The minimum Gasteiger partial charge on any atom is -0.382 e. The van der Waals surface area contributed by atoms with E-state index in [4.69, 9.17) is 10.5 Å². The molecule has 1 aromatic carbocycles. The molecular weight excluding hydrogens is 360 g/mol. The number of hydrogen-bond donors (Lipinski definition) is 2. The van der Waals surface area contributed by atoms with Crippen molar-refractivity contribution in [1.82, 2.24) is 5.32 Å². The third kappa shape index (κ3) is 8.77. The highest BCUT2D eigenvalue weighted by molar-refractivity contribution is 14.0.